The van der Waals surface area contributed by atoms with Crippen LogP contribution in [0.15, 0.2) is 53.7 Å². The molecular weight excluding hydrogens is 425 g/mol. The monoisotopic (exact) mass is 440 g/mol. The smallest absolute Gasteiger partial charge is 0.325 e. The fraction of sp³-hybridized carbons (Fsp3) is 0.211. The molecule has 5 nitrogen and oxygen atoms in total. The van der Waals surface area contributed by atoms with Gasteiger partial charge in [0, 0.05) is 23.3 Å². The number of halogens is 4. The van der Waals surface area contributed by atoms with Crippen LogP contribution in [-0.2, 0) is 18.0 Å². The summed E-state index contributed by atoms with van der Waals surface area (Å²) < 4.78 is 40.2. The van der Waals surface area contributed by atoms with Crippen LogP contribution in [0.2, 0.25) is 5.02 Å². The van der Waals surface area contributed by atoms with Gasteiger partial charge in [0.2, 0.25) is 5.91 Å². The number of carbonyl (C=O) groups excluding carboxylic acids is 1. The molecule has 0 saturated carbocycles. The molecule has 0 radical (unpaired) electrons. The van der Waals surface area contributed by atoms with Crippen LogP contribution in [-0.4, -0.2) is 25.9 Å². The van der Waals surface area contributed by atoms with Gasteiger partial charge >= 0.3 is 6.18 Å². The number of aromatic nitrogens is 3. The van der Waals surface area contributed by atoms with Crippen molar-refractivity contribution in [2.75, 3.05) is 5.32 Å². The summed E-state index contributed by atoms with van der Waals surface area (Å²) >= 11 is 7.05. The van der Waals surface area contributed by atoms with Crippen LogP contribution in [0.3, 0.4) is 0 Å². The van der Waals surface area contributed by atoms with Crippen molar-refractivity contribution in [3.63, 3.8) is 0 Å². The van der Waals surface area contributed by atoms with Gasteiger partial charge in [0.15, 0.2) is 11.0 Å². The first-order chi connectivity index (χ1) is 13.6. The fourth-order valence-corrected chi connectivity index (χ4v) is 3.44. The predicted octanol–water partition coefficient (Wildman–Crippen LogP) is 5.27. The Balaban J connectivity index is 1.70. The van der Waals surface area contributed by atoms with E-state index in [1.165, 1.54) is 12.1 Å². The average molecular weight is 441 g/mol. The normalized spacial score (nSPS) is 12.6. The first-order valence-electron chi connectivity index (χ1n) is 8.45. The summed E-state index contributed by atoms with van der Waals surface area (Å²) in [6.45, 7) is 1.64. The maximum Gasteiger partial charge on any atom is 0.416 e. The quantitative estimate of drug-likeness (QED) is 0.549. The fourth-order valence-electron chi connectivity index (χ4n) is 2.50. The van der Waals surface area contributed by atoms with Crippen LogP contribution in [0.4, 0.5) is 18.9 Å². The average Bonchev–Trinajstić information content (AvgIpc) is 3.02. The Bertz CT molecular complexity index is 1020. The van der Waals surface area contributed by atoms with E-state index >= 15 is 0 Å². The van der Waals surface area contributed by atoms with Crippen molar-refractivity contribution in [3.05, 3.63) is 59.1 Å². The zero-order valence-electron chi connectivity index (χ0n) is 15.4. The lowest BCUT2D eigenvalue weighted by atomic mass is 10.2. The van der Waals surface area contributed by atoms with Crippen molar-refractivity contribution in [2.45, 2.75) is 23.5 Å². The van der Waals surface area contributed by atoms with Crippen molar-refractivity contribution in [1.29, 1.82) is 0 Å². The lowest BCUT2D eigenvalue weighted by molar-refractivity contribution is -0.137. The molecule has 0 fully saturated rings. The van der Waals surface area contributed by atoms with Crippen molar-refractivity contribution >= 4 is 35.0 Å². The molecule has 1 N–H and O–H groups in total. The molecule has 3 rings (SSSR count). The second-order valence-corrected chi connectivity index (χ2v) is 7.94. The highest BCUT2D eigenvalue weighted by Crippen LogP contribution is 2.31. The van der Waals surface area contributed by atoms with Gasteiger partial charge in [-0.15, -0.1) is 10.2 Å². The molecule has 29 heavy (non-hydrogen) atoms. The molecule has 1 aromatic heterocycles. The maximum atomic E-state index is 12.8. The van der Waals surface area contributed by atoms with Crippen LogP contribution in [0.5, 0.6) is 0 Å². The molecule has 0 spiro atoms. The topological polar surface area (TPSA) is 59.8 Å². The number of benzene rings is 2. The van der Waals surface area contributed by atoms with Crippen LogP contribution in [0.1, 0.15) is 12.5 Å². The largest absolute Gasteiger partial charge is 0.416 e. The Hall–Kier alpha value is -2.52. The van der Waals surface area contributed by atoms with E-state index in [2.05, 4.69) is 15.5 Å². The third-order valence-corrected chi connectivity index (χ3v) is 5.43. The van der Waals surface area contributed by atoms with Gasteiger partial charge in [-0.3, -0.25) is 4.79 Å². The maximum absolute atomic E-state index is 12.8. The Labute approximate surface area is 174 Å². The van der Waals surface area contributed by atoms with Crippen LogP contribution in [0.25, 0.3) is 11.4 Å². The number of nitrogens with zero attached hydrogens (tertiary/aromatic N) is 3. The van der Waals surface area contributed by atoms with E-state index in [0.717, 1.165) is 29.5 Å². The lowest BCUT2D eigenvalue weighted by Crippen LogP contribution is -2.23. The summed E-state index contributed by atoms with van der Waals surface area (Å²) in [6.07, 6.45) is -4.47. The highest BCUT2D eigenvalue weighted by molar-refractivity contribution is 8.00. The molecule has 2 aromatic carbocycles. The highest BCUT2D eigenvalue weighted by Gasteiger charge is 2.30. The van der Waals surface area contributed by atoms with E-state index < -0.39 is 22.9 Å². The van der Waals surface area contributed by atoms with E-state index in [1.54, 1.807) is 30.7 Å². The summed E-state index contributed by atoms with van der Waals surface area (Å²) in [6, 6.07) is 11.6. The lowest BCUT2D eigenvalue weighted by Gasteiger charge is -2.13. The number of anilines is 1. The van der Waals surface area contributed by atoms with Gasteiger partial charge in [-0.2, -0.15) is 13.2 Å². The number of nitrogens with one attached hydrogen (secondary N) is 1. The van der Waals surface area contributed by atoms with Gasteiger partial charge in [-0.05, 0) is 49.4 Å². The number of hydrogen-bond donors (Lipinski definition) is 1. The highest BCUT2D eigenvalue weighted by atomic mass is 35.5. The molecule has 0 aliphatic carbocycles. The number of rotatable bonds is 5. The second kappa shape index (κ2) is 8.46. The molecule has 3 aromatic rings. The zero-order valence-corrected chi connectivity index (χ0v) is 16.9. The molecule has 1 atom stereocenters. The number of amides is 1. The standard InChI is InChI=1S/C19H16ClF3N4OS/c1-11(17(28)24-15-5-3-4-13(10-15)19(21,22)23)29-18-26-25-16(27(18)2)12-6-8-14(20)9-7-12/h3-11H,1-2H3,(H,24,28). The van der Waals surface area contributed by atoms with E-state index in [-0.39, 0.29) is 5.69 Å². The zero-order chi connectivity index (χ0) is 21.2. The number of alkyl halides is 3. The minimum absolute atomic E-state index is 0.0806. The molecule has 0 bridgehead atoms. The molecule has 1 unspecified atom stereocenters. The van der Waals surface area contributed by atoms with Crippen LogP contribution in [0, 0.1) is 0 Å². The molecule has 1 amide bonds. The van der Waals surface area contributed by atoms with Gasteiger partial charge in [0.1, 0.15) is 0 Å². The molecule has 10 heteroatoms. The van der Waals surface area contributed by atoms with Crippen LogP contribution < -0.4 is 5.32 Å². The Kier molecular flexibility index (Phi) is 6.18. The first kappa shape index (κ1) is 21.2. The third kappa shape index (κ3) is 5.10. The number of thioether (sulfide) groups is 1. The minimum Gasteiger partial charge on any atom is -0.325 e. The SMILES string of the molecule is CC(Sc1nnc(-c2ccc(Cl)cc2)n1C)C(=O)Nc1cccc(C(F)(F)F)c1. The van der Waals surface area contributed by atoms with Gasteiger partial charge in [0.25, 0.3) is 0 Å². The summed E-state index contributed by atoms with van der Waals surface area (Å²) in [5, 5.41) is 11.3. The Morgan fingerprint density at radius 2 is 1.86 bits per heavy atom. The van der Waals surface area contributed by atoms with E-state index in [4.69, 9.17) is 11.6 Å². The summed E-state index contributed by atoms with van der Waals surface area (Å²) in [4.78, 5) is 12.4. The van der Waals surface area contributed by atoms with Gasteiger partial charge in [-0.25, -0.2) is 0 Å². The minimum atomic E-state index is -4.47. The van der Waals surface area contributed by atoms with E-state index in [1.807, 2.05) is 12.1 Å². The molecule has 0 saturated heterocycles. The van der Waals surface area contributed by atoms with Gasteiger partial charge in [0.05, 0.1) is 10.8 Å². The van der Waals surface area contributed by atoms with Crippen molar-refractivity contribution in [1.82, 2.24) is 14.8 Å². The Morgan fingerprint density at radius 1 is 1.17 bits per heavy atom. The summed E-state index contributed by atoms with van der Waals surface area (Å²) in [5.41, 5.74) is 0.0749. The number of carbonyl (C=O) groups is 1. The van der Waals surface area contributed by atoms with E-state index in [9.17, 15) is 18.0 Å². The summed E-state index contributed by atoms with van der Waals surface area (Å²) in [7, 11) is 1.77. The molecule has 0 aliphatic rings. The predicted molar refractivity (Wildman–Crippen MR) is 107 cm³/mol. The van der Waals surface area contributed by atoms with E-state index in [0.29, 0.717) is 16.0 Å². The van der Waals surface area contributed by atoms with Crippen molar-refractivity contribution in [2.24, 2.45) is 7.05 Å². The number of hydrogen-bond acceptors (Lipinski definition) is 4. The third-order valence-electron chi connectivity index (χ3n) is 4.05. The van der Waals surface area contributed by atoms with Gasteiger partial charge in [-0.1, -0.05) is 29.4 Å². The molecule has 0 aliphatic heterocycles. The van der Waals surface area contributed by atoms with Crippen molar-refractivity contribution < 1.29 is 18.0 Å². The second-order valence-electron chi connectivity index (χ2n) is 6.20. The Morgan fingerprint density at radius 3 is 2.52 bits per heavy atom. The van der Waals surface area contributed by atoms with Crippen molar-refractivity contribution in [3.8, 4) is 11.4 Å². The molecule has 1 heterocycles. The first-order valence-corrected chi connectivity index (χ1v) is 9.71. The van der Waals surface area contributed by atoms with Crippen LogP contribution >= 0.6 is 23.4 Å². The molecule has 152 valence electrons. The molecular formula is C19H16ClF3N4OS. The van der Waals surface area contributed by atoms with Gasteiger partial charge < -0.3 is 9.88 Å². The summed E-state index contributed by atoms with van der Waals surface area (Å²) in [5.74, 6) is 0.167.